The molecule has 0 saturated carbocycles. The monoisotopic (exact) mass is 256 g/mol. The molecular weight excluding hydrogens is 236 g/mol. The normalized spacial score (nSPS) is 15.3. The molecule has 1 atom stereocenters. The van der Waals surface area contributed by atoms with Gasteiger partial charge in [-0.3, -0.25) is 0 Å². The maximum absolute atomic E-state index is 10.7. The van der Waals surface area contributed by atoms with Gasteiger partial charge in [-0.1, -0.05) is 6.92 Å². The Morgan fingerprint density at radius 2 is 1.80 bits per heavy atom. The molecule has 0 saturated heterocycles. The van der Waals surface area contributed by atoms with Crippen molar-refractivity contribution in [2.75, 3.05) is 12.4 Å². The minimum Gasteiger partial charge on any atom is -0.376 e. The van der Waals surface area contributed by atoms with Crippen molar-refractivity contribution in [3.05, 3.63) is 0 Å². The van der Waals surface area contributed by atoms with Crippen molar-refractivity contribution in [2.45, 2.75) is 46.1 Å². The van der Waals surface area contributed by atoms with Crippen molar-refractivity contribution in [3.63, 3.8) is 0 Å². The summed E-state index contributed by atoms with van der Waals surface area (Å²) >= 11 is 0. The van der Waals surface area contributed by atoms with Gasteiger partial charge in [0.1, 0.15) is 0 Å². The van der Waals surface area contributed by atoms with Crippen LogP contribution in [0, 0.1) is 5.92 Å². The first kappa shape index (κ1) is 15.2. The first-order valence-corrected chi connectivity index (χ1v) is 7.64. The maximum Gasteiger partial charge on any atom is 0.232 e. The minimum absolute atomic E-state index is 0.0469. The summed E-state index contributed by atoms with van der Waals surface area (Å²) in [4.78, 5) is 0. The van der Waals surface area contributed by atoms with E-state index in [0.29, 0.717) is 18.9 Å². The van der Waals surface area contributed by atoms with Crippen molar-refractivity contribution in [1.82, 2.24) is 0 Å². The van der Waals surface area contributed by atoms with Crippen LogP contribution in [0.2, 0.25) is 0 Å². The highest BCUT2D eigenvalue weighted by Gasteiger charge is 2.12. The Bertz CT molecular complexity index is 267. The number of hydrogen-bond acceptors (Lipinski definition) is 3. The lowest BCUT2D eigenvalue weighted by Crippen LogP contribution is -2.20. The van der Waals surface area contributed by atoms with Crippen molar-refractivity contribution in [1.29, 1.82) is 0 Å². The highest BCUT2D eigenvalue weighted by atomic mass is 35.7. The summed E-state index contributed by atoms with van der Waals surface area (Å²) in [5, 5.41) is 0. The van der Waals surface area contributed by atoms with Crippen molar-refractivity contribution in [2.24, 2.45) is 5.92 Å². The van der Waals surface area contributed by atoms with Gasteiger partial charge in [0.15, 0.2) is 0 Å². The molecule has 0 aliphatic heterocycles. The average molecular weight is 257 g/mol. The van der Waals surface area contributed by atoms with E-state index in [1.54, 1.807) is 0 Å². The molecule has 0 radical (unpaired) electrons. The van der Waals surface area contributed by atoms with Crippen LogP contribution in [0.3, 0.4) is 0 Å². The van der Waals surface area contributed by atoms with Crippen LogP contribution in [0.25, 0.3) is 0 Å². The van der Waals surface area contributed by atoms with Gasteiger partial charge in [0, 0.05) is 17.3 Å². The van der Waals surface area contributed by atoms with E-state index in [1.807, 2.05) is 27.7 Å². The lowest BCUT2D eigenvalue weighted by molar-refractivity contribution is -0.00858. The Labute approximate surface area is 97.6 Å². The molecule has 1 unspecified atom stereocenters. The number of rotatable bonds is 6. The molecule has 0 rings (SSSR count). The van der Waals surface area contributed by atoms with E-state index in [2.05, 4.69) is 0 Å². The molecular formula is C10H21ClO3S. The Hall–Kier alpha value is 0.200. The van der Waals surface area contributed by atoms with Gasteiger partial charge in [-0.05, 0) is 39.5 Å². The van der Waals surface area contributed by atoms with Gasteiger partial charge in [0.2, 0.25) is 9.05 Å². The van der Waals surface area contributed by atoms with Gasteiger partial charge in [0.05, 0.1) is 11.4 Å². The van der Waals surface area contributed by atoms with E-state index in [1.165, 1.54) is 0 Å². The maximum atomic E-state index is 10.7. The Kier molecular flexibility index (Phi) is 6.14. The van der Waals surface area contributed by atoms with E-state index in [0.717, 1.165) is 6.42 Å². The van der Waals surface area contributed by atoms with Crippen molar-refractivity contribution in [3.8, 4) is 0 Å². The smallest absolute Gasteiger partial charge is 0.232 e. The number of ether oxygens (including phenoxy) is 1. The second-order valence-electron chi connectivity index (χ2n) is 4.89. The topological polar surface area (TPSA) is 43.4 Å². The molecule has 0 aromatic heterocycles. The first-order chi connectivity index (χ1) is 6.60. The summed E-state index contributed by atoms with van der Waals surface area (Å²) in [6.07, 6.45) is 1.46. The SMILES string of the molecule is CC(CCOC(C)(C)C)CCS(=O)(=O)Cl. The molecule has 3 nitrogen and oxygen atoms in total. The fourth-order valence-electron chi connectivity index (χ4n) is 1.05. The van der Waals surface area contributed by atoms with E-state index >= 15 is 0 Å². The van der Waals surface area contributed by atoms with Gasteiger partial charge in [0.25, 0.3) is 0 Å². The van der Waals surface area contributed by atoms with Crippen LogP contribution in [0.15, 0.2) is 0 Å². The molecule has 92 valence electrons. The fraction of sp³-hybridized carbons (Fsp3) is 1.00. The molecule has 0 aromatic rings. The summed E-state index contributed by atoms with van der Waals surface area (Å²) in [5.41, 5.74) is -0.127. The van der Waals surface area contributed by atoms with Crippen LogP contribution in [-0.4, -0.2) is 26.4 Å². The molecule has 0 spiro atoms. The Morgan fingerprint density at radius 3 is 2.20 bits per heavy atom. The third-order valence-electron chi connectivity index (χ3n) is 2.00. The van der Waals surface area contributed by atoms with Crippen molar-refractivity contribution >= 4 is 19.7 Å². The Balaban J connectivity index is 3.63. The average Bonchev–Trinajstić information content (AvgIpc) is 1.97. The molecule has 0 aliphatic carbocycles. The lowest BCUT2D eigenvalue weighted by atomic mass is 10.1. The summed E-state index contributed by atoms with van der Waals surface area (Å²) in [5.74, 6) is 0.367. The third kappa shape index (κ3) is 12.1. The minimum atomic E-state index is -3.34. The van der Waals surface area contributed by atoms with Gasteiger partial charge < -0.3 is 4.74 Å². The highest BCUT2D eigenvalue weighted by molar-refractivity contribution is 8.13. The van der Waals surface area contributed by atoms with E-state index in [-0.39, 0.29) is 11.4 Å². The molecule has 0 N–H and O–H groups in total. The van der Waals surface area contributed by atoms with Crippen LogP contribution in [0.1, 0.15) is 40.5 Å². The van der Waals surface area contributed by atoms with E-state index in [4.69, 9.17) is 15.4 Å². The molecule has 0 aromatic carbocycles. The molecule has 0 bridgehead atoms. The second-order valence-corrected chi connectivity index (χ2v) is 7.78. The summed E-state index contributed by atoms with van der Waals surface area (Å²) in [6, 6.07) is 0. The zero-order valence-corrected chi connectivity index (χ0v) is 11.5. The zero-order valence-electron chi connectivity index (χ0n) is 9.92. The molecule has 0 heterocycles. The van der Waals surface area contributed by atoms with Gasteiger partial charge >= 0.3 is 0 Å². The summed E-state index contributed by atoms with van der Waals surface area (Å²) in [6.45, 7) is 8.67. The molecule has 0 amide bonds. The molecule has 0 aliphatic rings. The lowest BCUT2D eigenvalue weighted by Gasteiger charge is -2.20. The number of halogens is 1. The van der Waals surface area contributed by atoms with Gasteiger partial charge in [-0.2, -0.15) is 0 Å². The first-order valence-electron chi connectivity index (χ1n) is 5.16. The predicted molar refractivity (Wildman–Crippen MR) is 63.7 cm³/mol. The van der Waals surface area contributed by atoms with Crippen LogP contribution < -0.4 is 0 Å². The predicted octanol–water partition coefficient (Wildman–Crippen LogP) is 2.79. The molecule has 0 fully saturated rings. The van der Waals surface area contributed by atoms with E-state index < -0.39 is 9.05 Å². The fourth-order valence-corrected chi connectivity index (χ4v) is 2.00. The highest BCUT2D eigenvalue weighted by Crippen LogP contribution is 2.14. The molecule has 5 heteroatoms. The van der Waals surface area contributed by atoms with Crippen LogP contribution in [0.4, 0.5) is 0 Å². The van der Waals surface area contributed by atoms with Crippen LogP contribution >= 0.6 is 10.7 Å². The van der Waals surface area contributed by atoms with Crippen LogP contribution in [-0.2, 0) is 13.8 Å². The van der Waals surface area contributed by atoms with Gasteiger partial charge in [-0.25, -0.2) is 8.42 Å². The number of hydrogen-bond donors (Lipinski definition) is 0. The zero-order chi connectivity index (χ0) is 12.1. The van der Waals surface area contributed by atoms with Crippen LogP contribution in [0.5, 0.6) is 0 Å². The Morgan fingerprint density at radius 1 is 1.27 bits per heavy atom. The summed E-state index contributed by atoms with van der Waals surface area (Å²) < 4.78 is 27.0. The second kappa shape index (κ2) is 6.06. The largest absolute Gasteiger partial charge is 0.376 e. The molecule has 15 heavy (non-hydrogen) atoms. The summed E-state index contributed by atoms with van der Waals surface area (Å²) in [7, 11) is 1.78. The standard InChI is InChI=1S/C10H21ClO3S/c1-9(6-8-15(11,12)13)5-7-14-10(2,3)4/h9H,5-8H2,1-4H3. The third-order valence-corrected chi connectivity index (χ3v) is 3.19. The van der Waals surface area contributed by atoms with E-state index in [9.17, 15) is 8.42 Å². The quantitative estimate of drug-likeness (QED) is 0.687. The van der Waals surface area contributed by atoms with Gasteiger partial charge in [-0.15, -0.1) is 0 Å². The van der Waals surface area contributed by atoms with Crippen molar-refractivity contribution < 1.29 is 13.2 Å².